The molecule has 2 aromatic rings. The van der Waals surface area contributed by atoms with Gasteiger partial charge in [0, 0.05) is 25.1 Å². The van der Waals surface area contributed by atoms with Crippen molar-refractivity contribution < 1.29 is 32.9 Å². The Morgan fingerprint density at radius 2 is 1.48 bits per heavy atom. The van der Waals surface area contributed by atoms with Gasteiger partial charge in [-0.05, 0) is 12.1 Å². The molecule has 0 aliphatic carbocycles. The van der Waals surface area contributed by atoms with Crippen LogP contribution in [0, 0.1) is 11.6 Å². The van der Waals surface area contributed by atoms with E-state index in [0.29, 0.717) is 17.6 Å². The molecule has 7 heteroatoms. The number of aromatic hydroxyl groups is 1. The number of benzene rings is 2. The number of phenolic OH excluding ortho intramolecular Hbond substituents is 1. The number of halogens is 2. The van der Waals surface area contributed by atoms with Crippen LogP contribution in [0.3, 0.4) is 0 Å². The fourth-order valence-electron chi connectivity index (χ4n) is 1.59. The lowest BCUT2D eigenvalue weighted by atomic mass is 10.3. The fraction of sp³-hybridized carbons (Fsp3) is 0.188. The minimum absolute atomic E-state index is 0.0394. The number of carbonyl (C=O) groups excluding carboxylic acids is 1. The third-order valence-corrected chi connectivity index (χ3v) is 2.50. The van der Waals surface area contributed by atoms with E-state index in [-0.39, 0.29) is 11.5 Å². The van der Waals surface area contributed by atoms with Crippen molar-refractivity contribution in [1.29, 1.82) is 0 Å². The standard InChI is InChI=1S/C8H6F2O2.C8H10O3/c1-5(11)12-8-3-6(9)2-7(10)4-8;1-10-6-4-3-5-7(11-2)8(6)9/h2-4H,1H3;3-5,9H,1-2H3. The van der Waals surface area contributed by atoms with Gasteiger partial charge in [0.2, 0.25) is 5.75 Å². The highest BCUT2D eigenvalue weighted by atomic mass is 19.1. The summed E-state index contributed by atoms with van der Waals surface area (Å²) in [5, 5.41) is 9.34. The summed E-state index contributed by atoms with van der Waals surface area (Å²) in [6.45, 7) is 1.16. The predicted molar refractivity (Wildman–Crippen MR) is 78.9 cm³/mol. The van der Waals surface area contributed by atoms with Gasteiger partial charge in [0.25, 0.3) is 0 Å². The molecule has 0 bridgehead atoms. The van der Waals surface area contributed by atoms with Crippen LogP contribution in [0.25, 0.3) is 0 Å². The van der Waals surface area contributed by atoms with Gasteiger partial charge in [0.05, 0.1) is 14.2 Å². The van der Waals surface area contributed by atoms with E-state index in [9.17, 15) is 18.7 Å². The highest BCUT2D eigenvalue weighted by molar-refractivity contribution is 5.69. The van der Waals surface area contributed by atoms with Crippen molar-refractivity contribution in [2.45, 2.75) is 6.92 Å². The summed E-state index contributed by atoms with van der Waals surface area (Å²) < 4.78 is 39.1. The minimum atomic E-state index is -0.772. The largest absolute Gasteiger partial charge is 0.502 e. The average Bonchev–Trinajstić information content (AvgIpc) is 2.46. The second-order valence-corrected chi connectivity index (χ2v) is 4.21. The first-order chi connectivity index (χ1) is 10.9. The Balaban J connectivity index is 0.000000231. The summed E-state index contributed by atoms with van der Waals surface area (Å²) >= 11 is 0. The lowest BCUT2D eigenvalue weighted by Crippen LogP contribution is -2.01. The van der Waals surface area contributed by atoms with E-state index in [4.69, 9.17) is 9.47 Å². The molecule has 0 saturated heterocycles. The van der Waals surface area contributed by atoms with Crippen LogP contribution in [0.1, 0.15) is 6.92 Å². The Morgan fingerprint density at radius 1 is 1.00 bits per heavy atom. The number of phenols is 1. The zero-order valence-electron chi connectivity index (χ0n) is 12.8. The SMILES string of the molecule is CC(=O)Oc1cc(F)cc(F)c1.COc1cccc(OC)c1O. The molecule has 0 amide bonds. The molecular formula is C16H16F2O5. The molecule has 0 unspecified atom stereocenters. The zero-order chi connectivity index (χ0) is 17.4. The number of carbonyl (C=O) groups is 1. The average molecular weight is 326 g/mol. The normalized spacial score (nSPS) is 9.43. The maximum absolute atomic E-state index is 12.4. The molecule has 0 radical (unpaired) electrons. The molecule has 0 heterocycles. The van der Waals surface area contributed by atoms with E-state index >= 15 is 0 Å². The van der Waals surface area contributed by atoms with E-state index in [1.54, 1.807) is 18.2 Å². The number of esters is 1. The molecule has 0 aromatic heterocycles. The maximum Gasteiger partial charge on any atom is 0.308 e. The number of hydrogen-bond acceptors (Lipinski definition) is 5. The third kappa shape index (κ3) is 5.82. The fourth-order valence-corrected chi connectivity index (χ4v) is 1.59. The number of ether oxygens (including phenoxy) is 3. The summed E-state index contributed by atoms with van der Waals surface area (Å²) in [5.74, 6) is -1.40. The van der Waals surface area contributed by atoms with Crippen LogP contribution >= 0.6 is 0 Å². The van der Waals surface area contributed by atoms with Crippen molar-refractivity contribution in [1.82, 2.24) is 0 Å². The monoisotopic (exact) mass is 326 g/mol. The van der Waals surface area contributed by atoms with Crippen LogP contribution in [-0.2, 0) is 4.79 Å². The van der Waals surface area contributed by atoms with Crippen molar-refractivity contribution in [3.63, 3.8) is 0 Å². The summed E-state index contributed by atoms with van der Waals surface area (Å²) in [4.78, 5) is 10.4. The van der Waals surface area contributed by atoms with Gasteiger partial charge in [0.1, 0.15) is 17.4 Å². The lowest BCUT2D eigenvalue weighted by Gasteiger charge is -2.06. The molecule has 23 heavy (non-hydrogen) atoms. The van der Waals surface area contributed by atoms with E-state index in [1.165, 1.54) is 14.2 Å². The maximum atomic E-state index is 12.4. The molecule has 2 aromatic carbocycles. The van der Waals surface area contributed by atoms with Crippen molar-refractivity contribution in [3.8, 4) is 23.0 Å². The Hall–Kier alpha value is -2.83. The second kappa shape index (κ2) is 8.57. The summed E-state index contributed by atoms with van der Waals surface area (Å²) in [5.41, 5.74) is 0. The van der Waals surface area contributed by atoms with Crippen molar-refractivity contribution in [3.05, 3.63) is 48.0 Å². The lowest BCUT2D eigenvalue weighted by molar-refractivity contribution is -0.131. The quantitative estimate of drug-likeness (QED) is 0.692. The number of hydrogen-bond donors (Lipinski definition) is 1. The highest BCUT2D eigenvalue weighted by Crippen LogP contribution is 2.34. The van der Waals surface area contributed by atoms with Gasteiger partial charge in [-0.2, -0.15) is 0 Å². The zero-order valence-corrected chi connectivity index (χ0v) is 12.8. The highest BCUT2D eigenvalue weighted by Gasteiger charge is 2.05. The van der Waals surface area contributed by atoms with Crippen LogP contribution in [0.5, 0.6) is 23.0 Å². The molecule has 2 rings (SSSR count). The molecule has 0 aliphatic rings. The topological polar surface area (TPSA) is 65.0 Å². The first kappa shape index (κ1) is 18.2. The molecule has 0 fully saturated rings. The Labute approximate surface area is 132 Å². The van der Waals surface area contributed by atoms with Crippen molar-refractivity contribution in [2.75, 3.05) is 14.2 Å². The van der Waals surface area contributed by atoms with E-state index < -0.39 is 17.6 Å². The van der Waals surface area contributed by atoms with E-state index in [2.05, 4.69) is 4.74 Å². The summed E-state index contributed by atoms with van der Waals surface area (Å²) in [7, 11) is 2.99. The van der Waals surface area contributed by atoms with Gasteiger partial charge >= 0.3 is 5.97 Å². The molecule has 0 aliphatic heterocycles. The van der Waals surface area contributed by atoms with Gasteiger partial charge in [-0.1, -0.05) is 6.07 Å². The Kier molecular flexibility index (Phi) is 6.79. The van der Waals surface area contributed by atoms with Crippen LogP contribution in [0.2, 0.25) is 0 Å². The third-order valence-electron chi connectivity index (χ3n) is 2.50. The van der Waals surface area contributed by atoms with Crippen molar-refractivity contribution in [2.24, 2.45) is 0 Å². The summed E-state index contributed by atoms with van der Waals surface area (Å²) in [6, 6.07) is 7.65. The predicted octanol–water partition coefficient (Wildman–Crippen LogP) is 3.30. The molecule has 5 nitrogen and oxygen atoms in total. The van der Waals surface area contributed by atoms with Crippen LogP contribution in [0.15, 0.2) is 36.4 Å². The second-order valence-electron chi connectivity index (χ2n) is 4.21. The van der Waals surface area contributed by atoms with Crippen LogP contribution in [0.4, 0.5) is 8.78 Å². The van der Waals surface area contributed by atoms with Gasteiger partial charge in [-0.25, -0.2) is 8.78 Å². The van der Waals surface area contributed by atoms with Crippen molar-refractivity contribution >= 4 is 5.97 Å². The van der Waals surface area contributed by atoms with Gasteiger partial charge < -0.3 is 19.3 Å². The number of methoxy groups -OCH3 is 2. The number of rotatable bonds is 3. The van der Waals surface area contributed by atoms with Gasteiger partial charge in [-0.3, -0.25) is 4.79 Å². The first-order valence-corrected chi connectivity index (χ1v) is 6.41. The molecule has 0 saturated carbocycles. The minimum Gasteiger partial charge on any atom is -0.502 e. The first-order valence-electron chi connectivity index (χ1n) is 6.41. The van der Waals surface area contributed by atoms with Crippen LogP contribution in [-0.4, -0.2) is 25.3 Å². The number of para-hydroxylation sites is 1. The molecule has 1 N–H and O–H groups in total. The smallest absolute Gasteiger partial charge is 0.308 e. The molecule has 0 spiro atoms. The van der Waals surface area contributed by atoms with E-state index in [0.717, 1.165) is 19.1 Å². The Morgan fingerprint density at radius 3 is 1.87 bits per heavy atom. The molecule has 0 atom stereocenters. The van der Waals surface area contributed by atoms with E-state index in [1.807, 2.05) is 0 Å². The van der Waals surface area contributed by atoms with Gasteiger partial charge in [-0.15, -0.1) is 0 Å². The van der Waals surface area contributed by atoms with Crippen LogP contribution < -0.4 is 14.2 Å². The van der Waals surface area contributed by atoms with Gasteiger partial charge in [0.15, 0.2) is 11.5 Å². The molecule has 124 valence electrons. The Bertz CT molecular complexity index is 631. The summed E-state index contributed by atoms with van der Waals surface area (Å²) in [6.07, 6.45) is 0. The molecular weight excluding hydrogens is 310 g/mol.